The first-order valence-electron chi connectivity index (χ1n) is 6.12. The summed E-state index contributed by atoms with van der Waals surface area (Å²) in [6, 6.07) is 4.01. The van der Waals surface area contributed by atoms with Crippen LogP contribution in [0.25, 0.3) is 0 Å². The Balaban J connectivity index is 1.78. The van der Waals surface area contributed by atoms with Gasteiger partial charge in [0.2, 0.25) is 6.79 Å². The Hall–Kier alpha value is -1.13. The summed E-state index contributed by atoms with van der Waals surface area (Å²) in [6.07, 6.45) is 2.51. The Labute approximate surface area is 111 Å². The summed E-state index contributed by atoms with van der Waals surface area (Å²) in [7, 11) is 1.72. The fourth-order valence-corrected chi connectivity index (χ4v) is 2.41. The van der Waals surface area contributed by atoms with Gasteiger partial charge in [0.05, 0.1) is 23.4 Å². The third kappa shape index (κ3) is 2.35. The smallest absolute Gasteiger partial charge is 0.231 e. The maximum Gasteiger partial charge on any atom is 0.231 e. The van der Waals surface area contributed by atoms with E-state index >= 15 is 0 Å². The number of hydrogen-bond donors (Lipinski definition) is 1. The van der Waals surface area contributed by atoms with E-state index in [2.05, 4.69) is 5.32 Å². The van der Waals surface area contributed by atoms with Gasteiger partial charge in [0.15, 0.2) is 11.5 Å². The van der Waals surface area contributed by atoms with Crippen molar-refractivity contribution in [2.75, 3.05) is 25.8 Å². The molecule has 2 aliphatic rings. The molecule has 1 aliphatic heterocycles. The third-order valence-electron chi connectivity index (χ3n) is 3.34. The average Bonchev–Trinajstić information content (AvgIpc) is 3.10. The number of benzene rings is 1. The van der Waals surface area contributed by atoms with Crippen LogP contribution in [-0.4, -0.2) is 26.6 Å². The standard InChI is InChI=1S/C13H16ClNO3/c1-16-6-11(8-2-3-8)15-10-5-13-12(4-9(10)14)17-7-18-13/h4-5,8,11,15H,2-3,6-7H2,1H3. The Morgan fingerprint density at radius 2 is 2.11 bits per heavy atom. The average molecular weight is 270 g/mol. The van der Waals surface area contributed by atoms with E-state index < -0.39 is 0 Å². The molecule has 98 valence electrons. The molecule has 4 nitrogen and oxygen atoms in total. The maximum absolute atomic E-state index is 6.24. The molecule has 5 heteroatoms. The fourth-order valence-electron chi connectivity index (χ4n) is 2.20. The van der Waals surface area contributed by atoms with Crippen molar-refractivity contribution in [1.29, 1.82) is 0 Å². The molecule has 0 radical (unpaired) electrons. The lowest BCUT2D eigenvalue weighted by atomic mass is 10.1. The van der Waals surface area contributed by atoms with Crippen molar-refractivity contribution >= 4 is 17.3 Å². The summed E-state index contributed by atoms with van der Waals surface area (Å²) < 4.78 is 15.9. The van der Waals surface area contributed by atoms with Crippen LogP contribution in [0, 0.1) is 5.92 Å². The van der Waals surface area contributed by atoms with Gasteiger partial charge in [0.1, 0.15) is 0 Å². The second-order valence-corrected chi connectivity index (χ2v) is 5.14. The van der Waals surface area contributed by atoms with Crippen LogP contribution in [0.2, 0.25) is 5.02 Å². The predicted molar refractivity (Wildman–Crippen MR) is 69.6 cm³/mol. The number of fused-ring (bicyclic) bond motifs is 1. The van der Waals surface area contributed by atoms with E-state index in [1.807, 2.05) is 6.07 Å². The van der Waals surface area contributed by atoms with E-state index in [-0.39, 0.29) is 6.79 Å². The molecule has 18 heavy (non-hydrogen) atoms. The minimum Gasteiger partial charge on any atom is -0.454 e. The van der Waals surface area contributed by atoms with Gasteiger partial charge in [0, 0.05) is 19.2 Å². The number of methoxy groups -OCH3 is 1. The number of rotatable bonds is 5. The highest BCUT2D eigenvalue weighted by molar-refractivity contribution is 6.33. The number of nitrogens with one attached hydrogen (secondary N) is 1. The highest BCUT2D eigenvalue weighted by atomic mass is 35.5. The van der Waals surface area contributed by atoms with E-state index in [0.717, 1.165) is 11.4 Å². The minimum atomic E-state index is 0.263. The lowest BCUT2D eigenvalue weighted by molar-refractivity contribution is 0.174. The first-order valence-corrected chi connectivity index (χ1v) is 6.50. The van der Waals surface area contributed by atoms with Gasteiger partial charge in [-0.05, 0) is 18.8 Å². The Kier molecular flexibility index (Phi) is 3.22. The van der Waals surface area contributed by atoms with Gasteiger partial charge in [0.25, 0.3) is 0 Å². The van der Waals surface area contributed by atoms with Crippen LogP contribution in [0.4, 0.5) is 5.69 Å². The zero-order chi connectivity index (χ0) is 12.5. The Morgan fingerprint density at radius 3 is 2.78 bits per heavy atom. The number of hydrogen-bond acceptors (Lipinski definition) is 4. The molecule has 1 unspecified atom stereocenters. The summed E-state index contributed by atoms with van der Waals surface area (Å²) >= 11 is 6.24. The largest absolute Gasteiger partial charge is 0.454 e. The van der Waals surface area contributed by atoms with E-state index in [1.165, 1.54) is 12.8 Å². The lowest BCUT2D eigenvalue weighted by Crippen LogP contribution is -2.27. The van der Waals surface area contributed by atoms with Gasteiger partial charge >= 0.3 is 0 Å². The van der Waals surface area contributed by atoms with Crippen molar-refractivity contribution in [2.45, 2.75) is 18.9 Å². The Morgan fingerprint density at radius 1 is 1.39 bits per heavy atom. The molecular weight excluding hydrogens is 254 g/mol. The highest BCUT2D eigenvalue weighted by Gasteiger charge is 2.31. The van der Waals surface area contributed by atoms with Gasteiger partial charge in [-0.15, -0.1) is 0 Å². The normalized spacial score (nSPS) is 18.8. The molecule has 1 N–H and O–H groups in total. The second kappa shape index (κ2) is 4.86. The zero-order valence-electron chi connectivity index (χ0n) is 10.2. The van der Waals surface area contributed by atoms with Crippen molar-refractivity contribution in [3.63, 3.8) is 0 Å². The van der Waals surface area contributed by atoms with Crippen LogP contribution in [0.5, 0.6) is 11.5 Å². The molecule has 1 atom stereocenters. The van der Waals surface area contributed by atoms with Crippen molar-refractivity contribution in [1.82, 2.24) is 0 Å². The Bertz CT molecular complexity index is 448. The van der Waals surface area contributed by atoms with Gasteiger partial charge < -0.3 is 19.5 Å². The fraction of sp³-hybridized carbons (Fsp3) is 0.538. The molecular formula is C13H16ClNO3. The first kappa shape index (κ1) is 11.9. The summed E-state index contributed by atoms with van der Waals surface area (Å²) in [5.41, 5.74) is 0.884. The van der Waals surface area contributed by atoms with Crippen LogP contribution < -0.4 is 14.8 Å². The predicted octanol–water partition coefficient (Wildman–Crippen LogP) is 2.91. The number of halogens is 1. The van der Waals surface area contributed by atoms with Crippen molar-refractivity contribution < 1.29 is 14.2 Å². The molecule has 1 saturated carbocycles. The van der Waals surface area contributed by atoms with Crippen molar-refractivity contribution in [2.24, 2.45) is 5.92 Å². The van der Waals surface area contributed by atoms with E-state index in [4.69, 9.17) is 25.8 Å². The maximum atomic E-state index is 6.24. The summed E-state index contributed by atoms with van der Waals surface area (Å²) in [4.78, 5) is 0. The van der Waals surface area contributed by atoms with Crippen LogP contribution in [0.15, 0.2) is 12.1 Å². The third-order valence-corrected chi connectivity index (χ3v) is 3.65. The van der Waals surface area contributed by atoms with Crippen molar-refractivity contribution in [3.8, 4) is 11.5 Å². The van der Waals surface area contributed by atoms with E-state index in [0.29, 0.717) is 29.3 Å². The molecule has 0 spiro atoms. The molecule has 0 saturated heterocycles. The molecule has 1 aromatic rings. The lowest BCUT2D eigenvalue weighted by Gasteiger charge is -2.19. The molecule has 0 bridgehead atoms. The van der Waals surface area contributed by atoms with Crippen LogP contribution in [-0.2, 0) is 4.74 Å². The van der Waals surface area contributed by atoms with E-state index in [1.54, 1.807) is 13.2 Å². The van der Waals surface area contributed by atoms with Crippen LogP contribution in [0.1, 0.15) is 12.8 Å². The topological polar surface area (TPSA) is 39.7 Å². The van der Waals surface area contributed by atoms with Crippen LogP contribution >= 0.6 is 11.6 Å². The molecule has 1 fully saturated rings. The van der Waals surface area contributed by atoms with Gasteiger partial charge in [-0.1, -0.05) is 11.6 Å². The van der Waals surface area contributed by atoms with Gasteiger partial charge in [-0.3, -0.25) is 0 Å². The zero-order valence-corrected chi connectivity index (χ0v) is 11.0. The highest BCUT2D eigenvalue weighted by Crippen LogP contribution is 2.41. The second-order valence-electron chi connectivity index (χ2n) is 4.73. The molecule has 3 rings (SSSR count). The summed E-state index contributed by atoms with van der Waals surface area (Å²) in [6.45, 7) is 0.953. The molecule has 1 aromatic carbocycles. The molecule has 1 aliphatic carbocycles. The monoisotopic (exact) mass is 269 g/mol. The quantitative estimate of drug-likeness (QED) is 0.892. The molecule has 0 amide bonds. The van der Waals surface area contributed by atoms with Crippen LogP contribution in [0.3, 0.4) is 0 Å². The van der Waals surface area contributed by atoms with E-state index in [9.17, 15) is 0 Å². The first-order chi connectivity index (χ1) is 8.78. The number of ether oxygens (including phenoxy) is 3. The van der Waals surface area contributed by atoms with Crippen molar-refractivity contribution in [3.05, 3.63) is 17.2 Å². The SMILES string of the molecule is COCC(Nc1cc2c(cc1Cl)OCO2)C1CC1. The summed E-state index contributed by atoms with van der Waals surface area (Å²) in [5.74, 6) is 2.14. The minimum absolute atomic E-state index is 0.263. The number of anilines is 1. The summed E-state index contributed by atoms with van der Waals surface area (Å²) in [5, 5.41) is 4.10. The van der Waals surface area contributed by atoms with Gasteiger partial charge in [-0.25, -0.2) is 0 Å². The van der Waals surface area contributed by atoms with Gasteiger partial charge in [-0.2, -0.15) is 0 Å². The molecule has 0 aromatic heterocycles. The molecule has 1 heterocycles.